The standard InChI is InChI=1S/C18H16BrFN4OS/c1-2-24-17(12-6-8-14(20)9-7-12)22-23-18(24)26-11-16(25)21-15-5-3-4-13(19)10-15/h3-10H,2,11H2,1H3,(H,21,25). The van der Waals surface area contributed by atoms with Gasteiger partial charge in [0.2, 0.25) is 5.91 Å². The van der Waals surface area contributed by atoms with Gasteiger partial charge in [0.05, 0.1) is 5.75 Å². The normalized spacial score (nSPS) is 10.7. The highest BCUT2D eigenvalue weighted by Crippen LogP contribution is 2.24. The van der Waals surface area contributed by atoms with Crippen LogP contribution in [0, 0.1) is 5.82 Å². The van der Waals surface area contributed by atoms with Gasteiger partial charge >= 0.3 is 0 Å². The number of anilines is 1. The van der Waals surface area contributed by atoms with E-state index in [9.17, 15) is 9.18 Å². The number of amides is 1. The second kappa shape index (κ2) is 8.46. The third-order valence-electron chi connectivity index (χ3n) is 3.58. The van der Waals surface area contributed by atoms with Crippen molar-refractivity contribution in [1.82, 2.24) is 14.8 Å². The second-order valence-corrected chi connectivity index (χ2v) is 7.26. The van der Waals surface area contributed by atoms with Crippen LogP contribution in [0.2, 0.25) is 0 Å². The average Bonchev–Trinajstić information content (AvgIpc) is 3.03. The number of hydrogen-bond donors (Lipinski definition) is 1. The minimum Gasteiger partial charge on any atom is -0.325 e. The predicted molar refractivity (Wildman–Crippen MR) is 105 cm³/mol. The topological polar surface area (TPSA) is 59.8 Å². The molecule has 1 heterocycles. The summed E-state index contributed by atoms with van der Waals surface area (Å²) in [6, 6.07) is 13.5. The molecule has 26 heavy (non-hydrogen) atoms. The van der Waals surface area contributed by atoms with Crippen LogP contribution in [-0.4, -0.2) is 26.4 Å². The van der Waals surface area contributed by atoms with Gasteiger partial charge in [-0.3, -0.25) is 4.79 Å². The van der Waals surface area contributed by atoms with Crippen molar-refractivity contribution in [2.45, 2.75) is 18.6 Å². The fourth-order valence-electron chi connectivity index (χ4n) is 2.39. The highest BCUT2D eigenvalue weighted by molar-refractivity contribution is 9.10. The molecule has 3 rings (SSSR count). The summed E-state index contributed by atoms with van der Waals surface area (Å²) in [4.78, 5) is 12.2. The fourth-order valence-corrected chi connectivity index (χ4v) is 3.59. The Hall–Kier alpha value is -2.19. The molecule has 1 amide bonds. The largest absolute Gasteiger partial charge is 0.325 e. The van der Waals surface area contributed by atoms with Gasteiger partial charge in [0, 0.05) is 22.3 Å². The van der Waals surface area contributed by atoms with Crippen LogP contribution in [0.5, 0.6) is 0 Å². The van der Waals surface area contributed by atoms with Crippen molar-refractivity contribution in [2.75, 3.05) is 11.1 Å². The molecule has 0 aliphatic carbocycles. The summed E-state index contributed by atoms with van der Waals surface area (Å²) in [6.07, 6.45) is 0. The number of aromatic nitrogens is 3. The molecule has 3 aromatic rings. The van der Waals surface area contributed by atoms with Crippen molar-refractivity contribution < 1.29 is 9.18 Å². The molecule has 0 fully saturated rings. The number of benzene rings is 2. The summed E-state index contributed by atoms with van der Waals surface area (Å²) >= 11 is 4.69. The molecule has 1 N–H and O–H groups in total. The Morgan fingerprint density at radius 2 is 2.00 bits per heavy atom. The van der Waals surface area contributed by atoms with E-state index in [4.69, 9.17) is 0 Å². The molecule has 0 atom stereocenters. The van der Waals surface area contributed by atoms with Crippen molar-refractivity contribution in [2.24, 2.45) is 0 Å². The Bertz CT molecular complexity index is 914. The molecule has 5 nitrogen and oxygen atoms in total. The van der Waals surface area contributed by atoms with E-state index in [0.717, 1.165) is 15.7 Å². The lowest BCUT2D eigenvalue weighted by Crippen LogP contribution is -2.14. The zero-order chi connectivity index (χ0) is 18.5. The van der Waals surface area contributed by atoms with E-state index in [-0.39, 0.29) is 17.5 Å². The summed E-state index contributed by atoms with van der Waals surface area (Å²) in [7, 11) is 0. The number of carbonyl (C=O) groups is 1. The summed E-state index contributed by atoms with van der Waals surface area (Å²) < 4.78 is 15.9. The third-order valence-corrected chi connectivity index (χ3v) is 5.04. The van der Waals surface area contributed by atoms with Crippen molar-refractivity contribution in [3.63, 3.8) is 0 Å². The fraction of sp³-hybridized carbons (Fsp3) is 0.167. The summed E-state index contributed by atoms with van der Waals surface area (Å²) in [6.45, 7) is 2.62. The molecule has 8 heteroatoms. The van der Waals surface area contributed by atoms with Crippen LogP contribution < -0.4 is 5.32 Å². The molecule has 0 unspecified atom stereocenters. The van der Waals surface area contributed by atoms with Crippen molar-refractivity contribution in [3.05, 3.63) is 58.8 Å². The van der Waals surface area contributed by atoms with Crippen LogP contribution in [-0.2, 0) is 11.3 Å². The maximum Gasteiger partial charge on any atom is 0.234 e. The molecule has 1 aromatic heterocycles. The van der Waals surface area contributed by atoms with Crippen molar-refractivity contribution >= 4 is 39.3 Å². The van der Waals surface area contributed by atoms with Crippen LogP contribution in [0.3, 0.4) is 0 Å². The minimum absolute atomic E-state index is 0.123. The van der Waals surface area contributed by atoms with Crippen LogP contribution in [0.1, 0.15) is 6.92 Å². The van der Waals surface area contributed by atoms with Crippen molar-refractivity contribution in [1.29, 1.82) is 0 Å². The zero-order valence-electron chi connectivity index (χ0n) is 13.9. The van der Waals surface area contributed by atoms with Crippen LogP contribution in [0.25, 0.3) is 11.4 Å². The zero-order valence-corrected chi connectivity index (χ0v) is 16.3. The van der Waals surface area contributed by atoms with E-state index in [1.165, 1.54) is 23.9 Å². The maximum absolute atomic E-state index is 13.1. The Kier molecular flexibility index (Phi) is 6.05. The minimum atomic E-state index is -0.296. The molecule has 2 aromatic carbocycles. The second-order valence-electron chi connectivity index (χ2n) is 5.40. The number of nitrogens with zero attached hydrogens (tertiary/aromatic N) is 3. The van der Waals surface area contributed by atoms with E-state index in [1.807, 2.05) is 35.8 Å². The summed E-state index contributed by atoms with van der Waals surface area (Å²) in [5, 5.41) is 11.9. The Morgan fingerprint density at radius 1 is 1.23 bits per heavy atom. The monoisotopic (exact) mass is 434 g/mol. The van der Waals surface area contributed by atoms with Crippen LogP contribution in [0.4, 0.5) is 10.1 Å². The van der Waals surface area contributed by atoms with Gasteiger partial charge in [-0.2, -0.15) is 0 Å². The van der Waals surface area contributed by atoms with E-state index < -0.39 is 0 Å². The lowest BCUT2D eigenvalue weighted by molar-refractivity contribution is -0.113. The smallest absolute Gasteiger partial charge is 0.234 e. The molecule has 0 saturated carbocycles. The van der Waals surface area contributed by atoms with E-state index in [1.54, 1.807) is 12.1 Å². The lowest BCUT2D eigenvalue weighted by atomic mass is 10.2. The predicted octanol–water partition coefficient (Wildman–Crippen LogP) is 4.60. The van der Waals surface area contributed by atoms with Gasteiger partial charge in [-0.15, -0.1) is 10.2 Å². The molecule has 0 radical (unpaired) electrons. The number of halogens is 2. The molecule has 0 aliphatic rings. The van der Waals surface area contributed by atoms with Gasteiger partial charge < -0.3 is 9.88 Å². The number of thioether (sulfide) groups is 1. The molecule has 0 bridgehead atoms. The highest BCUT2D eigenvalue weighted by Gasteiger charge is 2.14. The highest BCUT2D eigenvalue weighted by atomic mass is 79.9. The summed E-state index contributed by atoms with van der Waals surface area (Å²) in [5.41, 5.74) is 1.51. The molecule has 0 aliphatic heterocycles. The number of rotatable bonds is 6. The average molecular weight is 435 g/mol. The SMILES string of the molecule is CCn1c(SCC(=O)Nc2cccc(Br)c2)nnc1-c1ccc(F)cc1. The van der Waals surface area contributed by atoms with Gasteiger partial charge in [-0.05, 0) is 49.4 Å². The Labute approximate surface area is 163 Å². The first-order valence-electron chi connectivity index (χ1n) is 7.94. The third kappa shape index (κ3) is 4.50. The van der Waals surface area contributed by atoms with Gasteiger partial charge in [-0.25, -0.2) is 4.39 Å². The quantitative estimate of drug-likeness (QED) is 0.575. The first-order valence-corrected chi connectivity index (χ1v) is 9.72. The van der Waals surface area contributed by atoms with E-state index in [2.05, 4.69) is 31.4 Å². The van der Waals surface area contributed by atoms with Gasteiger partial charge in [0.1, 0.15) is 5.82 Å². The number of nitrogens with one attached hydrogen (secondary N) is 1. The lowest BCUT2D eigenvalue weighted by Gasteiger charge is -2.08. The molecule has 134 valence electrons. The number of carbonyl (C=O) groups excluding carboxylic acids is 1. The van der Waals surface area contributed by atoms with Gasteiger partial charge in [0.25, 0.3) is 0 Å². The van der Waals surface area contributed by atoms with Gasteiger partial charge in [-0.1, -0.05) is 33.8 Å². The van der Waals surface area contributed by atoms with Crippen LogP contribution >= 0.6 is 27.7 Å². The Balaban J connectivity index is 1.68. The summed E-state index contributed by atoms with van der Waals surface area (Å²) in [5.74, 6) is 0.452. The van der Waals surface area contributed by atoms with Crippen LogP contribution in [0.15, 0.2) is 58.2 Å². The molecular weight excluding hydrogens is 419 g/mol. The van der Waals surface area contributed by atoms with Crippen molar-refractivity contribution in [3.8, 4) is 11.4 Å². The number of hydrogen-bond acceptors (Lipinski definition) is 4. The maximum atomic E-state index is 13.1. The van der Waals surface area contributed by atoms with Gasteiger partial charge in [0.15, 0.2) is 11.0 Å². The molecular formula is C18H16BrFN4OS. The molecule has 0 saturated heterocycles. The van der Waals surface area contributed by atoms with E-state index in [0.29, 0.717) is 17.5 Å². The first kappa shape index (κ1) is 18.6. The van der Waals surface area contributed by atoms with E-state index >= 15 is 0 Å². The first-order chi connectivity index (χ1) is 12.6. The Morgan fingerprint density at radius 3 is 2.69 bits per heavy atom. The molecule has 0 spiro atoms.